The van der Waals surface area contributed by atoms with Crippen molar-refractivity contribution >= 4 is 35.0 Å². The van der Waals surface area contributed by atoms with Crippen molar-refractivity contribution in [2.45, 2.75) is 18.2 Å². The van der Waals surface area contributed by atoms with Gasteiger partial charge in [0.15, 0.2) is 28.7 Å². The summed E-state index contributed by atoms with van der Waals surface area (Å²) in [6.45, 7) is 1.67. The van der Waals surface area contributed by atoms with Crippen LogP contribution in [0.15, 0.2) is 47.6 Å². The van der Waals surface area contributed by atoms with Crippen molar-refractivity contribution < 1.29 is 18.3 Å². The summed E-state index contributed by atoms with van der Waals surface area (Å²) < 4.78 is 34.0. The maximum Gasteiger partial charge on any atom is 0.234 e. The molecule has 0 saturated carbocycles. The molecule has 0 aliphatic rings. The minimum absolute atomic E-state index is 0.0878. The summed E-state index contributed by atoms with van der Waals surface area (Å²) in [6, 6.07) is 10.0. The zero-order chi connectivity index (χ0) is 21.0. The fourth-order valence-corrected chi connectivity index (χ4v) is 3.40. The zero-order valence-electron chi connectivity index (χ0n) is 15.5. The van der Waals surface area contributed by atoms with E-state index in [4.69, 9.17) is 16.3 Å². The largest absolute Gasteiger partial charge is 0.480 e. The number of ether oxygens (including phenoxy) is 1. The van der Waals surface area contributed by atoms with Gasteiger partial charge in [-0.25, -0.2) is 8.78 Å². The SMILES string of the molecule is CC(Oc1ccc(F)cc1F)c1nnc(SCC(=O)Nc2ccccc2Cl)n1C. The molecule has 29 heavy (non-hydrogen) atoms. The van der Waals surface area contributed by atoms with E-state index >= 15 is 0 Å². The lowest BCUT2D eigenvalue weighted by Gasteiger charge is -2.14. The number of rotatable bonds is 7. The number of amides is 1. The Bertz CT molecular complexity index is 1030. The second-order valence-corrected chi connectivity index (χ2v) is 7.40. The van der Waals surface area contributed by atoms with Crippen LogP contribution in [0.25, 0.3) is 0 Å². The number of nitrogens with one attached hydrogen (secondary N) is 1. The van der Waals surface area contributed by atoms with Crippen LogP contribution in [0, 0.1) is 11.6 Å². The molecule has 0 fully saturated rings. The Hall–Kier alpha value is -2.65. The highest BCUT2D eigenvalue weighted by molar-refractivity contribution is 7.99. The molecule has 10 heteroatoms. The Labute approximate surface area is 175 Å². The number of benzene rings is 2. The first-order chi connectivity index (χ1) is 13.8. The van der Waals surface area contributed by atoms with Crippen molar-refractivity contribution in [3.8, 4) is 5.75 Å². The number of aromatic nitrogens is 3. The molecule has 0 spiro atoms. The van der Waals surface area contributed by atoms with Crippen molar-refractivity contribution in [3.05, 3.63) is 64.9 Å². The zero-order valence-corrected chi connectivity index (χ0v) is 17.1. The summed E-state index contributed by atoms with van der Waals surface area (Å²) in [5.41, 5.74) is 0.529. The Kier molecular flexibility index (Phi) is 6.71. The summed E-state index contributed by atoms with van der Waals surface area (Å²) in [5, 5.41) is 11.8. The monoisotopic (exact) mass is 438 g/mol. The number of thioether (sulfide) groups is 1. The Balaban J connectivity index is 1.61. The number of para-hydroxylation sites is 1. The van der Waals surface area contributed by atoms with Crippen LogP contribution in [0.4, 0.5) is 14.5 Å². The molecular formula is C19H17ClF2N4O2S. The molecule has 1 aromatic heterocycles. The van der Waals surface area contributed by atoms with Gasteiger partial charge in [0.1, 0.15) is 5.82 Å². The van der Waals surface area contributed by atoms with Gasteiger partial charge in [-0.3, -0.25) is 4.79 Å². The smallest absolute Gasteiger partial charge is 0.234 e. The molecule has 6 nitrogen and oxygen atoms in total. The predicted octanol–water partition coefficient (Wildman–Crippen LogP) is 4.62. The van der Waals surface area contributed by atoms with Gasteiger partial charge in [-0.15, -0.1) is 10.2 Å². The van der Waals surface area contributed by atoms with E-state index in [2.05, 4.69) is 15.5 Å². The third-order valence-electron chi connectivity index (χ3n) is 3.91. The van der Waals surface area contributed by atoms with Crippen LogP contribution in [-0.4, -0.2) is 26.4 Å². The second kappa shape index (κ2) is 9.23. The Morgan fingerprint density at radius 3 is 2.76 bits per heavy atom. The average Bonchev–Trinajstić information content (AvgIpc) is 3.05. The quantitative estimate of drug-likeness (QED) is 0.545. The number of halogens is 3. The highest BCUT2D eigenvalue weighted by atomic mass is 35.5. The molecule has 0 bridgehead atoms. The van der Waals surface area contributed by atoms with Crippen molar-refractivity contribution in [3.63, 3.8) is 0 Å². The van der Waals surface area contributed by atoms with Crippen molar-refractivity contribution in [2.24, 2.45) is 7.05 Å². The molecule has 1 amide bonds. The molecule has 3 rings (SSSR count). The molecule has 1 heterocycles. The summed E-state index contributed by atoms with van der Waals surface area (Å²) >= 11 is 7.21. The van der Waals surface area contributed by atoms with E-state index in [1.807, 2.05) is 0 Å². The van der Waals surface area contributed by atoms with E-state index in [1.165, 1.54) is 17.8 Å². The minimum atomic E-state index is -0.801. The first-order valence-electron chi connectivity index (χ1n) is 8.53. The maximum atomic E-state index is 13.8. The van der Waals surface area contributed by atoms with E-state index in [1.54, 1.807) is 42.8 Å². The molecule has 0 saturated heterocycles. The van der Waals surface area contributed by atoms with E-state index in [-0.39, 0.29) is 17.4 Å². The van der Waals surface area contributed by atoms with Gasteiger partial charge in [0.2, 0.25) is 5.91 Å². The fourth-order valence-electron chi connectivity index (χ4n) is 2.50. The minimum Gasteiger partial charge on any atom is -0.480 e. The highest BCUT2D eigenvalue weighted by Crippen LogP contribution is 2.26. The van der Waals surface area contributed by atoms with Gasteiger partial charge in [0.05, 0.1) is 16.5 Å². The summed E-state index contributed by atoms with van der Waals surface area (Å²) in [4.78, 5) is 12.2. The predicted molar refractivity (Wildman–Crippen MR) is 107 cm³/mol. The van der Waals surface area contributed by atoms with E-state index in [0.29, 0.717) is 21.7 Å². The highest BCUT2D eigenvalue weighted by Gasteiger charge is 2.19. The van der Waals surface area contributed by atoms with Crippen molar-refractivity contribution in [1.82, 2.24) is 14.8 Å². The standard InChI is InChI=1S/C19H17ClF2N4O2S/c1-11(28-16-8-7-12(21)9-14(16)22)18-24-25-19(26(18)2)29-10-17(27)23-15-6-4-3-5-13(15)20/h3-9,11H,10H2,1-2H3,(H,23,27). The van der Waals surface area contributed by atoms with Crippen LogP contribution < -0.4 is 10.1 Å². The third-order valence-corrected chi connectivity index (χ3v) is 5.26. The van der Waals surface area contributed by atoms with E-state index < -0.39 is 17.7 Å². The molecule has 1 atom stereocenters. The van der Waals surface area contributed by atoms with E-state index in [0.717, 1.165) is 12.1 Å². The molecule has 2 aromatic carbocycles. The normalized spacial score (nSPS) is 11.9. The molecule has 1 unspecified atom stereocenters. The molecular weight excluding hydrogens is 422 g/mol. The number of hydrogen-bond donors (Lipinski definition) is 1. The van der Waals surface area contributed by atoms with Gasteiger partial charge in [0.25, 0.3) is 0 Å². The lowest BCUT2D eigenvalue weighted by molar-refractivity contribution is -0.113. The first kappa shape index (κ1) is 21.1. The van der Waals surface area contributed by atoms with Crippen molar-refractivity contribution in [1.29, 1.82) is 0 Å². The van der Waals surface area contributed by atoms with Crippen LogP contribution in [0.5, 0.6) is 5.75 Å². The molecule has 152 valence electrons. The van der Waals surface area contributed by atoms with Gasteiger partial charge >= 0.3 is 0 Å². The van der Waals surface area contributed by atoms with Crippen LogP contribution in [0.1, 0.15) is 18.9 Å². The lowest BCUT2D eigenvalue weighted by atomic mass is 10.3. The van der Waals surface area contributed by atoms with Crippen LogP contribution in [0.3, 0.4) is 0 Å². The summed E-state index contributed by atoms with van der Waals surface area (Å²) in [5.74, 6) is -1.29. The van der Waals surface area contributed by atoms with Crippen molar-refractivity contribution in [2.75, 3.05) is 11.1 Å². The van der Waals surface area contributed by atoms with Gasteiger partial charge < -0.3 is 14.6 Å². The third kappa shape index (κ3) is 5.24. The summed E-state index contributed by atoms with van der Waals surface area (Å²) in [6.07, 6.45) is -0.640. The van der Waals surface area contributed by atoms with E-state index in [9.17, 15) is 13.6 Å². The molecule has 1 N–H and O–H groups in total. The van der Waals surface area contributed by atoms with Gasteiger partial charge in [-0.05, 0) is 31.2 Å². The van der Waals surface area contributed by atoms with Crippen LogP contribution in [0.2, 0.25) is 5.02 Å². The number of nitrogens with zero attached hydrogens (tertiary/aromatic N) is 3. The molecule has 0 aliphatic heterocycles. The number of anilines is 1. The average molecular weight is 439 g/mol. The fraction of sp³-hybridized carbons (Fsp3) is 0.211. The number of hydrogen-bond acceptors (Lipinski definition) is 5. The second-order valence-electron chi connectivity index (χ2n) is 6.05. The Morgan fingerprint density at radius 2 is 2.03 bits per heavy atom. The van der Waals surface area contributed by atoms with Gasteiger partial charge in [-0.2, -0.15) is 0 Å². The topological polar surface area (TPSA) is 69.0 Å². The molecule has 3 aromatic rings. The van der Waals surface area contributed by atoms with Crippen LogP contribution in [-0.2, 0) is 11.8 Å². The first-order valence-corrected chi connectivity index (χ1v) is 9.89. The molecule has 0 aliphatic carbocycles. The van der Waals surface area contributed by atoms with Crippen LogP contribution >= 0.6 is 23.4 Å². The summed E-state index contributed by atoms with van der Waals surface area (Å²) in [7, 11) is 1.71. The molecule has 0 radical (unpaired) electrons. The maximum absolute atomic E-state index is 13.8. The van der Waals surface area contributed by atoms with Gasteiger partial charge in [-0.1, -0.05) is 35.5 Å². The lowest BCUT2D eigenvalue weighted by Crippen LogP contribution is -2.15. The van der Waals surface area contributed by atoms with Gasteiger partial charge in [0, 0.05) is 13.1 Å². The number of carbonyl (C=O) groups is 1. The number of carbonyl (C=O) groups excluding carboxylic acids is 1. The Morgan fingerprint density at radius 1 is 1.28 bits per heavy atom.